The molecule has 1 heterocycles. The molecule has 4 heteroatoms. The second-order valence-corrected chi connectivity index (χ2v) is 6.23. The van der Waals surface area contributed by atoms with Crippen LogP contribution >= 0.6 is 11.3 Å². The van der Waals surface area contributed by atoms with Crippen LogP contribution in [0.25, 0.3) is 0 Å². The Bertz CT molecular complexity index is 591. The molecule has 0 atom stereocenters. The number of aryl methyl sites for hydroxylation is 1. The minimum absolute atomic E-state index is 0.00500. The Kier molecular flexibility index (Phi) is 4.45. The minimum atomic E-state index is -0.00500. The maximum absolute atomic E-state index is 12.7. The van der Waals surface area contributed by atoms with Crippen molar-refractivity contribution in [2.75, 3.05) is 5.73 Å². The van der Waals surface area contributed by atoms with E-state index < -0.39 is 0 Å². The number of carbonyl (C=O) groups is 1. The highest BCUT2D eigenvalue weighted by atomic mass is 32.1. The van der Waals surface area contributed by atoms with E-state index in [0.29, 0.717) is 17.8 Å². The molecule has 20 heavy (non-hydrogen) atoms. The van der Waals surface area contributed by atoms with Crippen molar-refractivity contribution in [2.24, 2.45) is 0 Å². The molecule has 0 unspecified atom stereocenters. The fourth-order valence-electron chi connectivity index (χ4n) is 2.07. The summed E-state index contributed by atoms with van der Waals surface area (Å²) in [6.07, 6.45) is 0. The first kappa shape index (κ1) is 14.6. The summed E-state index contributed by atoms with van der Waals surface area (Å²) < 4.78 is 0. The third kappa shape index (κ3) is 3.20. The quantitative estimate of drug-likeness (QED) is 0.872. The SMILES string of the molecule is Cc1ccc(N)c(C(=O)N(Cc2cccs2)C(C)C)c1. The molecular formula is C16H20N2OS. The van der Waals surface area contributed by atoms with Gasteiger partial charge in [0.15, 0.2) is 0 Å². The number of rotatable bonds is 4. The van der Waals surface area contributed by atoms with Crippen LogP contribution < -0.4 is 5.73 Å². The maximum atomic E-state index is 12.7. The highest BCUT2D eigenvalue weighted by Crippen LogP contribution is 2.20. The fraction of sp³-hybridized carbons (Fsp3) is 0.312. The fourth-order valence-corrected chi connectivity index (χ4v) is 2.77. The Morgan fingerprint density at radius 1 is 1.35 bits per heavy atom. The average molecular weight is 288 g/mol. The predicted molar refractivity (Wildman–Crippen MR) is 84.9 cm³/mol. The number of hydrogen-bond acceptors (Lipinski definition) is 3. The number of hydrogen-bond donors (Lipinski definition) is 1. The zero-order valence-electron chi connectivity index (χ0n) is 12.1. The average Bonchev–Trinajstić information content (AvgIpc) is 2.90. The number of nitrogens with zero attached hydrogens (tertiary/aromatic N) is 1. The van der Waals surface area contributed by atoms with Crippen molar-refractivity contribution in [3.05, 3.63) is 51.7 Å². The molecule has 2 N–H and O–H groups in total. The lowest BCUT2D eigenvalue weighted by Crippen LogP contribution is -2.36. The predicted octanol–water partition coefficient (Wildman–Crippen LogP) is 3.69. The number of anilines is 1. The standard InChI is InChI=1S/C16H20N2OS/c1-11(2)18(10-13-5-4-8-20-13)16(19)14-9-12(3)6-7-15(14)17/h4-9,11H,10,17H2,1-3H3. The summed E-state index contributed by atoms with van der Waals surface area (Å²) in [6, 6.07) is 9.76. The van der Waals surface area contributed by atoms with Gasteiger partial charge in [0, 0.05) is 16.6 Å². The lowest BCUT2D eigenvalue weighted by atomic mass is 10.1. The smallest absolute Gasteiger partial charge is 0.256 e. The first-order valence-corrected chi connectivity index (χ1v) is 7.56. The van der Waals surface area contributed by atoms with Crippen molar-refractivity contribution in [3.63, 3.8) is 0 Å². The zero-order valence-corrected chi connectivity index (χ0v) is 12.9. The molecule has 0 saturated heterocycles. The molecule has 0 fully saturated rings. The van der Waals surface area contributed by atoms with Crippen LogP contribution in [0.1, 0.15) is 34.6 Å². The molecular weight excluding hydrogens is 268 g/mol. The molecule has 1 aromatic heterocycles. The van der Waals surface area contributed by atoms with Gasteiger partial charge in [0.1, 0.15) is 0 Å². The number of amides is 1. The molecule has 0 aliphatic heterocycles. The molecule has 3 nitrogen and oxygen atoms in total. The van der Waals surface area contributed by atoms with E-state index in [2.05, 4.69) is 0 Å². The second kappa shape index (κ2) is 6.09. The van der Waals surface area contributed by atoms with Gasteiger partial charge < -0.3 is 10.6 Å². The van der Waals surface area contributed by atoms with E-state index in [1.165, 1.54) is 4.88 Å². The lowest BCUT2D eigenvalue weighted by molar-refractivity contribution is 0.0693. The van der Waals surface area contributed by atoms with Crippen molar-refractivity contribution in [1.29, 1.82) is 0 Å². The summed E-state index contributed by atoms with van der Waals surface area (Å²) >= 11 is 1.66. The van der Waals surface area contributed by atoms with Crippen molar-refractivity contribution in [2.45, 2.75) is 33.4 Å². The van der Waals surface area contributed by atoms with Crippen LogP contribution in [0.5, 0.6) is 0 Å². The summed E-state index contributed by atoms with van der Waals surface area (Å²) in [5.41, 5.74) is 8.13. The van der Waals surface area contributed by atoms with E-state index in [4.69, 9.17) is 5.73 Å². The number of thiophene rings is 1. The van der Waals surface area contributed by atoms with Crippen molar-refractivity contribution < 1.29 is 4.79 Å². The van der Waals surface area contributed by atoms with Gasteiger partial charge in [0.2, 0.25) is 0 Å². The van der Waals surface area contributed by atoms with Gasteiger partial charge >= 0.3 is 0 Å². The summed E-state index contributed by atoms with van der Waals surface area (Å²) in [7, 11) is 0. The summed E-state index contributed by atoms with van der Waals surface area (Å²) in [5, 5.41) is 2.03. The summed E-state index contributed by atoms with van der Waals surface area (Å²) in [6.45, 7) is 6.64. The Morgan fingerprint density at radius 2 is 2.10 bits per heavy atom. The van der Waals surface area contributed by atoms with Crippen molar-refractivity contribution in [1.82, 2.24) is 4.90 Å². The van der Waals surface area contributed by atoms with E-state index in [0.717, 1.165) is 5.56 Å². The molecule has 2 rings (SSSR count). The molecule has 0 bridgehead atoms. The molecule has 1 amide bonds. The first-order chi connectivity index (χ1) is 9.49. The van der Waals surface area contributed by atoms with Crippen molar-refractivity contribution >= 4 is 22.9 Å². The molecule has 106 valence electrons. The lowest BCUT2D eigenvalue weighted by Gasteiger charge is -2.27. The Balaban J connectivity index is 2.29. The minimum Gasteiger partial charge on any atom is -0.398 e. The Morgan fingerprint density at radius 3 is 2.70 bits per heavy atom. The highest BCUT2D eigenvalue weighted by Gasteiger charge is 2.21. The van der Waals surface area contributed by atoms with Gasteiger partial charge in [-0.2, -0.15) is 0 Å². The molecule has 0 saturated carbocycles. The number of nitrogen functional groups attached to an aromatic ring is 1. The second-order valence-electron chi connectivity index (χ2n) is 5.20. The van der Waals surface area contributed by atoms with Crippen LogP contribution in [0.3, 0.4) is 0 Å². The largest absolute Gasteiger partial charge is 0.398 e. The first-order valence-electron chi connectivity index (χ1n) is 6.68. The van der Waals surface area contributed by atoms with Gasteiger partial charge in [0.05, 0.1) is 12.1 Å². The van der Waals surface area contributed by atoms with Crippen LogP contribution in [0.4, 0.5) is 5.69 Å². The third-order valence-electron chi connectivity index (χ3n) is 3.23. The van der Waals surface area contributed by atoms with E-state index in [1.54, 1.807) is 17.4 Å². The van der Waals surface area contributed by atoms with Crippen LogP contribution in [0.15, 0.2) is 35.7 Å². The molecule has 0 radical (unpaired) electrons. The van der Waals surface area contributed by atoms with Crippen LogP contribution in [-0.2, 0) is 6.54 Å². The van der Waals surface area contributed by atoms with Crippen LogP contribution in [-0.4, -0.2) is 16.8 Å². The van der Waals surface area contributed by atoms with E-state index in [-0.39, 0.29) is 11.9 Å². The highest BCUT2D eigenvalue weighted by molar-refractivity contribution is 7.09. The van der Waals surface area contributed by atoms with E-state index in [1.807, 2.05) is 55.3 Å². The van der Waals surface area contributed by atoms with Gasteiger partial charge in [-0.15, -0.1) is 11.3 Å². The van der Waals surface area contributed by atoms with Gasteiger partial charge in [-0.1, -0.05) is 17.7 Å². The van der Waals surface area contributed by atoms with Crippen LogP contribution in [0.2, 0.25) is 0 Å². The van der Waals surface area contributed by atoms with Crippen LogP contribution in [0, 0.1) is 6.92 Å². The normalized spacial score (nSPS) is 10.8. The molecule has 0 spiro atoms. The van der Waals surface area contributed by atoms with Gasteiger partial charge in [0.25, 0.3) is 5.91 Å². The summed E-state index contributed by atoms with van der Waals surface area (Å²) in [4.78, 5) is 15.8. The van der Waals surface area contributed by atoms with Gasteiger partial charge in [-0.05, 0) is 44.4 Å². The Labute approximate surface area is 124 Å². The van der Waals surface area contributed by atoms with Crippen molar-refractivity contribution in [3.8, 4) is 0 Å². The number of nitrogens with two attached hydrogens (primary N) is 1. The molecule has 1 aromatic carbocycles. The zero-order chi connectivity index (χ0) is 14.7. The third-order valence-corrected chi connectivity index (χ3v) is 4.09. The molecule has 0 aliphatic rings. The van der Waals surface area contributed by atoms with E-state index in [9.17, 15) is 4.79 Å². The monoisotopic (exact) mass is 288 g/mol. The number of carbonyl (C=O) groups excluding carboxylic acids is 1. The number of benzene rings is 1. The molecule has 2 aromatic rings. The maximum Gasteiger partial charge on any atom is 0.256 e. The van der Waals surface area contributed by atoms with Gasteiger partial charge in [-0.3, -0.25) is 4.79 Å². The summed E-state index contributed by atoms with van der Waals surface area (Å²) in [5.74, 6) is -0.00500. The van der Waals surface area contributed by atoms with Gasteiger partial charge in [-0.25, -0.2) is 0 Å². The topological polar surface area (TPSA) is 46.3 Å². The van der Waals surface area contributed by atoms with E-state index >= 15 is 0 Å². The Hall–Kier alpha value is -1.81. The molecule has 0 aliphatic carbocycles.